The summed E-state index contributed by atoms with van der Waals surface area (Å²) < 4.78 is 0. The van der Waals surface area contributed by atoms with E-state index in [1.165, 1.54) is 0 Å². The fourth-order valence-corrected chi connectivity index (χ4v) is 5.08. The maximum Gasteiger partial charge on any atom is 0.314 e. The first-order valence-electron chi connectivity index (χ1n) is 9.38. The number of rotatable bonds is 6. The molecule has 0 spiro atoms. The zero-order chi connectivity index (χ0) is 17.9. The first-order valence-corrected chi connectivity index (χ1v) is 9.38. The van der Waals surface area contributed by atoms with Crippen molar-refractivity contribution in [1.29, 1.82) is 0 Å². The molecule has 1 fully saturated rings. The van der Waals surface area contributed by atoms with Gasteiger partial charge in [0, 0.05) is 18.1 Å². The van der Waals surface area contributed by atoms with Gasteiger partial charge in [-0.3, -0.25) is 9.69 Å². The topological polar surface area (TPSA) is 40.5 Å². The lowest BCUT2D eigenvalue weighted by atomic mass is 9.60. The summed E-state index contributed by atoms with van der Waals surface area (Å²) in [6.45, 7) is 11.1. The molecule has 3 atom stereocenters. The average molecular weight is 331 g/mol. The Kier molecular flexibility index (Phi) is 6.08. The number of nitrogens with zero attached hydrogens (tertiary/aromatic N) is 1. The van der Waals surface area contributed by atoms with Crippen LogP contribution in [0.3, 0.4) is 0 Å². The molecule has 134 valence electrons. The van der Waals surface area contributed by atoms with Crippen molar-refractivity contribution in [2.75, 3.05) is 0 Å². The fraction of sp³-hybridized carbons (Fsp3) is 0.667. The van der Waals surface area contributed by atoms with Gasteiger partial charge in [-0.05, 0) is 58.9 Å². The average Bonchev–Trinajstić information content (AvgIpc) is 2.54. The summed E-state index contributed by atoms with van der Waals surface area (Å²) >= 11 is 0. The van der Waals surface area contributed by atoms with Crippen LogP contribution in [0.1, 0.15) is 65.9 Å². The SMILES string of the molecule is CC(C)N(C(C)C)C(C)C1CCCCC1(C(=O)O)c1ccccc1. The largest absolute Gasteiger partial charge is 0.481 e. The number of aliphatic carboxylic acids is 1. The zero-order valence-electron chi connectivity index (χ0n) is 15.8. The molecule has 3 unspecified atom stereocenters. The smallest absolute Gasteiger partial charge is 0.314 e. The van der Waals surface area contributed by atoms with Gasteiger partial charge in [-0.2, -0.15) is 0 Å². The van der Waals surface area contributed by atoms with Crippen molar-refractivity contribution in [2.45, 2.75) is 83.8 Å². The molecule has 0 saturated heterocycles. The molecule has 0 aliphatic heterocycles. The maximum atomic E-state index is 12.5. The Labute approximate surface area is 147 Å². The molecule has 1 aliphatic rings. The van der Waals surface area contributed by atoms with Crippen molar-refractivity contribution in [3.05, 3.63) is 35.9 Å². The van der Waals surface area contributed by atoms with Gasteiger partial charge in [-0.15, -0.1) is 0 Å². The summed E-state index contributed by atoms with van der Waals surface area (Å²) in [7, 11) is 0. The molecule has 0 bridgehead atoms. The van der Waals surface area contributed by atoms with Gasteiger partial charge in [-0.1, -0.05) is 43.2 Å². The van der Waals surface area contributed by atoms with Crippen LogP contribution in [-0.4, -0.2) is 34.1 Å². The second kappa shape index (κ2) is 7.69. The Morgan fingerprint density at radius 3 is 2.17 bits per heavy atom. The maximum absolute atomic E-state index is 12.5. The van der Waals surface area contributed by atoms with Crippen LogP contribution in [0.15, 0.2) is 30.3 Å². The molecule has 0 heterocycles. The predicted molar refractivity (Wildman–Crippen MR) is 99.3 cm³/mol. The number of hydrogen-bond acceptors (Lipinski definition) is 2. The summed E-state index contributed by atoms with van der Waals surface area (Å²) in [5.74, 6) is -0.520. The van der Waals surface area contributed by atoms with Gasteiger partial charge in [0.2, 0.25) is 0 Å². The van der Waals surface area contributed by atoms with Crippen molar-refractivity contribution in [3.8, 4) is 0 Å². The zero-order valence-corrected chi connectivity index (χ0v) is 15.8. The molecule has 1 aromatic carbocycles. The molecule has 0 aromatic heterocycles. The van der Waals surface area contributed by atoms with E-state index in [1.54, 1.807) is 0 Å². The van der Waals surface area contributed by atoms with E-state index in [0.717, 1.165) is 31.2 Å². The summed E-state index contributed by atoms with van der Waals surface area (Å²) in [5.41, 5.74) is 0.211. The number of carboxylic acids is 1. The number of hydrogen-bond donors (Lipinski definition) is 1. The summed E-state index contributed by atoms with van der Waals surface area (Å²) in [5, 5.41) is 10.3. The van der Waals surface area contributed by atoms with Crippen LogP contribution in [0.25, 0.3) is 0 Å². The van der Waals surface area contributed by atoms with Crippen molar-refractivity contribution < 1.29 is 9.90 Å². The van der Waals surface area contributed by atoms with Gasteiger partial charge in [0.1, 0.15) is 0 Å². The minimum absolute atomic E-state index is 0.135. The van der Waals surface area contributed by atoms with E-state index in [2.05, 4.69) is 39.5 Å². The molecule has 0 radical (unpaired) electrons. The molecular weight excluding hydrogens is 298 g/mol. The van der Waals surface area contributed by atoms with E-state index in [9.17, 15) is 9.90 Å². The predicted octanol–water partition coefficient (Wildman–Crippen LogP) is 4.71. The lowest BCUT2D eigenvalue weighted by Gasteiger charge is -2.49. The lowest BCUT2D eigenvalue weighted by Crippen LogP contribution is -2.56. The third kappa shape index (κ3) is 3.37. The highest BCUT2D eigenvalue weighted by molar-refractivity contribution is 5.82. The molecule has 1 aliphatic carbocycles. The first-order chi connectivity index (χ1) is 11.3. The molecule has 0 amide bonds. The number of carboxylic acid groups (broad SMARTS) is 1. The molecule has 1 aromatic rings. The lowest BCUT2D eigenvalue weighted by molar-refractivity contribution is -0.150. The Morgan fingerprint density at radius 2 is 1.67 bits per heavy atom. The van der Waals surface area contributed by atoms with E-state index in [1.807, 2.05) is 30.3 Å². The van der Waals surface area contributed by atoms with Gasteiger partial charge >= 0.3 is 5.97 Å². The molecule has 3 nitrogen and oxygen atoms in total. The minimum Gasteiger partial charge on any atom is -0.481 e. The molecule has 24 heavy (non-hydrogen) atoms. The van der Waals surface area contributed by atoms with E-state index < -0.39 is 11.4 Å². The van der Waals surface area contributed by atoms with Crippen molar-refractivity contribution >= 4 is 5.97 Å². The van der Waals surface area contributed by atoms with Crippen molar-refractivity contribution in [2.24, 2.45) is 5.92 Å². The summed E-state index contributed by atoms with van der Waals surface area (Å²) in [4.78, 5) is 15.0. The Bertz CT molecular complexity index is 532. The highest BCUT2D eigenvalue weighted by Gasteiger charge is 2.51. The van der Waals surface area contributed by atoms with Gasteiger partial charge in [0.25, 0.3) is 0 Å². The van der Waals surface area contributed by atoms with Crippen LogP contribution in [0.2, 0.25) is 0 Å². The van der Waals surface area contributed by atoms with E-state index in [4.69, 9.17) is 0 Å². The summed E-state index contributed by atoms with van der Waals surface area (Å²) in [6.07, 6.45) is 3.85. The molecular formula is C21H33NO2. The monoisotopic (exact) mass is 331 g/mol. The van der Waals surface area contributed by atoms with Crippen molar-refractivity contribution in [1.82, 2.24) is 4.90 Å². The van der Waals surface area contributed by atoms with Crippen LogP contribution >= 0.6 is 0 Å². The van der Waals surface area contributed by atoms with Crippen LogP contribution in [0, 0.1) is 5.92 Å². The molecule has 1 N–H and O–H groups in total. The Morgan fingerprint density at radius 1 is 1.08 bits per heavy atom. The normalized spacial score (nSPS) is 26.1. The molecule has 3 heteroatoms. The third-order valence-corrected chi connectivity index (χ3v) is 5.88. The van der Waals surface area contributed by atoms with Crippen LogP contribution in [-0.2, 0) is 10.2 Å². The first kappa shape index (κ1) is 19.0. The Balaban J connectivity index is 2.50. The van der Waals surface area contributed by atoms with Crippen LogP contribution in [0.5, 0.6) is 0 Å². The van der Waals surface area contributed by atoms with Gasteiger partial charge in [0.15, 0.2) is 0 Å². The molecule has 1 saturated carbocycles. The minimum atomic E-state index is -0.763. The van der Waals surface area contributed by atoms with Crippen LogP contribution in [0.4, 0.5) is 0 Å². The van der Waals surface area contributed by atoms with E-state index in [0.29, 0.717) is 12.1 Å². The quantitative estimate of drug-likeness (QED) is 0.821. The van der Waals surface area contributed by atoms with Gasteiger partial charge in [0.05, 0.1) is 5.41 Å². The molecule has 2 rings (SSSR count). The highest BCUT2D eigenvalue weighted by atomic mass is 16.4. The van der Waals surface area contributed by atoms with Crippen LogP contribution < -0.4 is 0 Å². The van der Waals surface area contributed by atoms with Crippen molar-refractivity contribution in [3.63, 3.8) is 0 Å². The number of carbonyl (C=O) groups is 1. The standard InChI is InChI=1S/C21H33NO2/c1-15(2)22(16(3)4)17(5)19-13-9-10-14-21(19,20(23)24)18-11-7-6-8-12-18/h6-8,11-12,15-17,19H,9-10,13-14H2,1-5H3,(H,23,24). The van der Waals surface area contributed by atoms with Gasteiger partial charge < -0.3 is 5.11 Å². The Hall–Kier alpha value is -1.35. The second-order valence-corrected chi connectivity index (χ2v) is 7.87. The highest BCUT2D eigenvalue weighted by Crippen LogP contribution is 2.47. The fourth-order valence-electron chi connectivity index (χ4n) is 5.08. The van der Waals surface area contributed by atoms with E-state index >= 15 is 0 Å². The number of benzene rings is 1. The summed E-state index contributed by atoms with van der Waals surface area (Å²) in [6, 6.07) is 11.0. The third-order valence-electron chi connectivity index (χ3n) is 5.88. The second-order valence-electron chi connectivity index (χ2n) is 7.87. The van der Waals surface area contributed by atoms with Gasteiger partial charge in [-0.25, -0.2) is 0 Å². The van der Waals surface area contributed by atoms with E-state index in [-0.39, 0.29) is 12.0 Å².